The standard InChI is InChI=1S/C33H41ClN2O5S/c1-21-5-6-26(17-37)28-10-7-25(28)16-36-19-33(13-3-4-23-14-27(34)9-11-29(23)33)20-41-31-12-8-24(15-30(31)36)32(38)35-42(39,40)18-22(21)2/h8-9,11-12,14-15,17,21-22,25-26,28H,3-7,10,13,16,18-20H2,1-2H3,(H,35,38)/t21-,22+,25+,26?,28-,33+/m1/s1. The highest BCUT2D eigenvalue weighted by atomic mass is 35.5. The molecule has 2 aromatic carbocycles. The fraction of sp³-hybridized carbons (Fsp3) is 0.576. The van der Waals surface area contributed by atoms with E-state index in [1.807, 2.05) is 19.9 Å². The van der Waals surface area contributed by atoms with Crippen molar-refractivity contribution in [3.8, 4) is 5.75 Å². The Morgan fingerprint density at radius 1 is 1.07 bits per heavy atom. The molecule has 6 rings (SSSR count). The Balaban J connectivity index is 1.41. The van der Waals surface area contributed by atoms with Gasteiger partial charge < -0.3 is 14.4 Å². The number of anilines is 1. The lowest BCUT2D eigenvalue weighted by Gasteiger charge is -2.46. The second-order valence-corrected chi connectivity index (χ2v) is 15.5. The summed E-state index contributed by atoms with van der Waals surface area (Å²) in [6.07, 6.45) is 7.73. The number of fused-ring (bicyclic) bond motifs is 4. The summed E-state index contributed by atoms with van der Waals surface area (Å²) in [5.41, 5.74) is 3.37. The number of nitrogens with one attached hydrogen (secondary N) is 1. The molecule has 1 spiro atoms. The van der Waals surface area contributed by atoms with E-state index in [-0.39, 0.29) is 28.9 Å². The molecule has 1 N–H and O–H groups in total. The van der Waals surface area contributed by atoms with Gasteiger partial charge in [-0.3, -0.25) is 4.79 Å². The molecule has 7 nitrogen and oxygen atoms in total. The number of aldehydes is 1. The molecule has 4 aliphatic rings. The van der Waals surface area contributed by atoms with Crippen LogP contribution in [0.15, 0.2) is 36.4 Å². The molecular formula is C33H41ClN2O5S. The molecule has 0 saturated heterocycles. The van der Waals surface area contributed by atoms with E-state index in [4.69, 9.17) is 16.3 Å². The molecule has 0 aromatic heterocycles. The number of ether oxygens (including phenoxy) is 1. The monoisotopic (exact) mass is 612 g/mol. The van der Waals surface area contributed by atoms with Gasteiger partial charge in [0, 0.05) is 35.0 Å². The number of aryl methyl sites for hydroxylation is 1. The lowest BCUT2D eigenvalue weighted by molar-refractivity contribution is -0.115. The van der Waals surface area contributed by atoms with Crippen LogP contribution in [0, 0.1) is 29.6 Å². The number of benzene rings is 2. The average Bonchev–Trinajstić information content (AvgIpc) is 3.08. The zero-order valence-electron chi connectivity index (χ0n) is 24.5. The van der Waals surface area contributed by atoms with Crippen molar-refractivity contribution in [2.75, 3.05) is 30.3 Å². The van der Waals surface area contributed by atoms with Gasteiger partial charge in [0.05, 0.1) is 18.0 Å². The van der Waals surface area contributed by atoms with Crippen LogP contribution in [0.3, 0.4) is 0 Å². The summed E-state index contributed by atoms with van der Waals surface area (Å²) < 4.78 is 34.9. The van der Waals surface area contributed by atoms with Crippen molar-refractivity contribution in [1.82, 2.24) is 4.72 Å². The van der Waals surface area contributed by atoms with Crippen LogP contribution in [0.25, 0.3) is 0 Å². The van der Waals surface area contributed by atoms with Crippen LogP contribution >= 0.6 is 11.6 Å². The summed E-state index contributed by atoms with van der Waals surface area (Å²) in [7, 11) is -3.84. The first kappa shape index (κ1) is 29.5. The van der Waals surface area contributed by atoms with Crippen LogP contribution in [0.4, 0.5) is 5.69 Å². The third kappa shape index (κ3) is 5.69. The van der Waals surface area contributed by atoms with E-state index in [1.165, 1.54) is 11.1 Å². The summed E-state index contributed by atoms with van der Waals surface area (Å²) >= 11 is 6.39. The first-order valence-corrected chi connectivity index (χ1v) is 17.4. The average molecular weight is 613 g/mol. The Bertz CT molecular complexity index is 1480. The third-order valence-electron chi connectivity index (χ3n) is 10.6. The zero-order chi connectivity index (χ0) is 29.6. The van der Waals surface area contributed by atoms with Gasteiger partial charge in [-0.25, -0.2) is 13.1 Å². The van der Waals surface area contributed by atoms with Crippen molar-refractivity contribution in [2.24, 2.45) is 29.6 Å². The maximum absolute atomic E-state index is 13.3. The Hall–Kier alpha value is -2.58. The molecule has 2 aliphatic carbocycles. The summed E-state index contributed by atoms with van der Waals surface area (Å²) in [5.74, 6) is 0.519. The zero-order valence-corrected chi connectivity index (χ0v) is 26.1. The van der Waals surface area contributed by atoms with E-state index < -0.39 is 15.9 Å². The van der Waals surface area contributed by atoms with Crippen LogP contribution in [-0.4, -0.2) is 46.1 Å². The van der Waals surface area contributed by atoms with Gasteiger partial charge in [-0.15, -0.1) is 0 Å². The first-order valence-electron chi connectivity index (χ1n) is 15.4. The van der Waals surface area contributed by atoms with Gasteiger partial charge in [-0.2, -0.15) is 0 Å². The molecule has 226 valence electrons. The van der Waals surface area contributed by atoms with Crippen molar-refractivity contribution in [2.45, 2.75) is 64.2 Å². The molecule has 1 saturated carbocycles. The highest BCUT2D eigenvalue weighted by molar-refractivity contribution is 7.90. The molecule has 2 aliphatic heterocycles. The number of rotatable bonds is 1. The van der Waals surface area contributed by atoms with Gasteiger partial charge >= 0.3 is 0 Å². The fourth-order valence-corrected chi connectivity index (χ4v) is 9.50. The molecule has 1 unspecified atom stereocenters. The lowest BCUT2D eigenvalue weighted by Crippen LogP contribution is -2.49. The van der Waals surface area contributed by atoms with Crippen LogP contribution in [0.5, 0.6) is 5.75 Å². The number of amides is 1. The minimum absolute atomic E-state index is 0.0387. The number of sulfonamides is 1. The highest BCUT2D eigenvalue weighted by Crippen LogP contribution is 2.47. The molecule has 0 radical (unpaired) electrons. The largest absolute Gasteiger partial charge is 0.490 e. The fourth-order valence-electron chi connectivity index (χ4n) is 7.80. The Labute approximate surface area is 254 Å². The smallest absolute Gasteiger partial charge is 0.264 e. The minimum Gasteiger partial charge on any atom is -0.490 e. The summed E-state index contributed by atoms with van der Waals surface area (Å²) in [5, 5.41) is 0.736. The minimum atomic E-state index is -3.84. The van der Waals surface area contributed by atoms with E-state index in [1.54, 1.807) is 18.2 Å². The second-order valence-electron chi connectivity index (χ2n) is 13.3. The van der Waals surface area contributed by atoms with Crippen LogP contribution in [0.1, 0.15) is 73.9 Å². The molecule has 1 fully saturated rings. The summed E-state index contributed by atoms with van der Waals surface area (Å²) in [6.45, 7) is 5.92. The van der Waals surface area contributed by atoms with Gasteiger partial charge in [-0.05, 0) is 110 Å². The predicted molar refractivity (Wildman–Crippen MR) is 165 cm³/mol. The van der Waals surface area contributed by atoms with Gasteiger partial charge in [-0.1, -0.05) is 31.5 Å². The van der Waals surface area contributed by atoms with Crippen molar-refractivity contribution >= 4 is 39.5 Å². The molecule has 1 amide bonds. The molecule has 2 heterocycles. The number of carbonyl (C=O) groups excluding carboxylic acids is 2. The summed E-state index contributed by atoms with van der Waals surface area (Å²) in [4.78, 5) is 28.0. The van der Waals surface area contributed by atoms with E-state index in [0.29, 0.717) is 36.3 Å². The maximum atomic E-state index is 13.3. The normalized spacial score (nSPS) is 32.8. The van der Waals surface area contributed by atoms with E-state index in [2.05, 4.69) is 21.8 Å². The van der Waals surface area contributed by atoms with Crippen LogP contribution in [-0.2, 0) is 26.7 Å². The van der Waals surface area contributed by atoms with Gasteiger partial charge in [0.15, 0.2) is 0 Å². The number of hydrogen-bond donors (Lipinski definition) is 1. The van der Waals surface area contributed by atoms with E-state index in [9.17, 15) is 18.0 Å². The molecule has 42 heavy (non-hydrogen) atoms. The van der Waals surface area contributed by atoms with Gasteiger partial charge in [0.25, 0.3) is 5.91 Å². The number of carbonyl (C=O) groups is 2. The van der Waals surface area contributed by atoms with E-state index in [0.717, 1.165) is 68.5 Å². The molecule has 9 heteroatoms. The lowest BCUT2D eigenvalue weighted by atomic mass is 9.65. The van der Waals surface area contributed by atoms with Crippen molar-refractivity contribution < 1.29 is 22.7 Å². The van der Waals surface area contributed by atoms with Crippen molar-refractivity contribution in [3.05, 3.63) is 58.1 Å². The van der Waals surface area contributed by atoms with E-state index >= 15 is 0 Å². The Morgan fingerprint density at radius 3 is 2.67 bits per heavy atom. The topological polar surface area (TPSA) is 92.8 Å². The first-order chi connectivity index (χ1) is 20.1. The quantitative estimate of drug-likeness (QED) is 0.411. The number of nitrogens with zero attached hydrogens (tertiary/aromatic N) is 1. The molecule has 2 bridgehead atoms. The Morgan fingerprint density at radius 2 is 1.90 bits per heavy atom. The summed E-state index contributed by atoms with van der Waals surface area (Å²) in [6, 6.07) is 11.4. The third-order valence-corrected chi connectivity index (χ3v) is 12.3. The van der Waals surface area contributed by atoms with Crippen molar-refractivity contribution in [3.63, 3.8) is 0 Å². The predicted octanol–water partition coefficient (Wildman–Crippen LogP) is 5.78. The van der Waals surface area contributed by atoms with Gasteiger partial charge in [0.2, 0.25) is 10.0 Å². The number of hydrogen-bond acceptors (Lipinski definition) is 6. The Kier molecular flexibility index (Phi) is 8.07. The molecule has 6 atom stereocenters. The number of halogens is 1. The van der Waals surface area contributed by atoms with Crippen LogP contribution < -0.4 is 14.4 Å². The van der Waals surface area contributed by atoms with Gasteiger partial charge in [0.1, 0.15) is 12.0 Å². The SMILES string of the molecule is C[C@@H]1CCC(C=O)[C@@H]2CC[C@H]2CN2C[C@@]3(CCCc4cc(Cl)ccc43)COc3ccc(cc32)C(=O)NS(=O)(=O)C[C@@H]1C. The van der Waals surface area contributed by atoms with Crippen molar-refractivity contribution in [1.29, 1.82) is 0 Å². The maximum Gasteiger partial charge on any atom is 0.264 e. The highest BCUT2D eigenvalue weighted by Gasteiger charge is 2.44. The molecular weight excluding hydrogens is 572 g/mol. The second kappa shape index (κ2) is 11.5. The van der Waals surface area contributed by atoms with Crippen LogP contribution in [0.2, 0.25) is 5.02 Å². The molecule has 2 aromatic rings.